The number of alkyl halides is 32. The van der Waals surface area contributed by atoms with Gasteiger partial charge < -0.3 is 0 Å². The fourth-order valence-electron chi connectivity index (χ4n) is 3.38. The van der Waals surface area contributed by atoms with Crippen LogP contribution < -0.4 is 0 Å². The summed E-state index contributed by atoms with van der Waals surface area (Å²) in [5, 5.41) is 0. The molecule has 314 valence electrons. The van der Waals surface area contributed by atoms with E-state index in [9.17, 15) is 132 Å². The number of hydrogen-bond acceptors (Lipinski definition) is 0. The van der Waals surface area contributed by atoms with Crippen molar-refractivity contribution in [3.8, 4) is 0 Å². The van der Waals surface area contributed by atoms with Crippen LogP contribution in [0.5, 0.6) is 0 Å². The van der Waals surface area contributed by atoms with Crippen molar-refractivity contribution in [2.45, 2.75) is 117 Å². The van der Waals surface area contributed by atoms with Crippen LogP contribution in [-0.4, -0.2) is 91.3 Å². The van der Waals surface area contributed by atoms with E-state index in [1.165, 1.54) is 0 Å². The van der Waals surface area contributed by atoms with E-state index in [2.05, 4.69) is 0 Å². The second-order valence-corrected chi connectivity index (χ2v) is 13.9. The Hall–Kier alpha value is -0.640. The van der Waals surface area contributed by atoms with Crippen molar-refractivity contribution in [1.29, 1.82) is 0 Å². The van der Waals surface area contributed by atoms with Gasteiger partial charge >= 0.3 is 83.4 Å². The van der Waals surface area contributed by atoms with Gasteiger partial charge in [0.05, 0.1) is 0 Å². The smallest absolute Gasteiger partial charge is 0.200 e. The van der Waals surface area contributed by atoms with E-state index in [4.69, 9.17) is 0 Å². The van der Waals surface area contributed by atoms with E-state index in [1.54, 1.807) is 0 Å². The first-order valence-corrected chi connectivity index (χ1v) is 14.4. The quantitative estimate of drug-likeness (QED) is 0.0774. The summed E-state index contributed by atoms with van der Waals surface area (Å²) in [6.07, 6.45) is -25.3. The summed E-state index contributed by atoms with van der Waals surface area (Å²) >= 11 is 0.722. The van der Waals surface area contributed by atoms with Crippen LogP contribution >= 0.6 is 45.2 Å². The molecule has 0 rings (SSSR count). The topological polar surface area (TPSA) is 0 Å². The van der Waals surface area contributed by atoms with Gasteiger partial charge in [0.25, 0.3) is 0 Å². The van der Waals surface area contributed by atoms with Gasteiger partial charge in [0.2, 0.25) is 0 Å². The molecule has 52 heavy (non-hydrogen) atoms. The van der Waals surface area contributed by atoms with Gasteiger partial charge in [0.15, 0.2) is 0 Å². The maximum Gasteiger partial charge on any atom is 0.460 e. The third-order valence-electron chi connectivity index (χ3n) is 6.53. The molecule has 0 aliphatic carbocycles. The Morgan fingerprint density at radius 3 is 0.577 bits per heavy atom. The molecule has 0 N–H and O–H groups in total. The van der Waals surface area contributed by atoms with Crippen LogP contribution in [0.15, 0.2) is 0 Å². The predicted molar refractivity (Wildman–Crippen MR) is 126 cm³/mol. The molecular weight excluding hydrogens is 1060 g/mol. The van der Waals surface area contributed by atoms with E-state index >= 15 is 0 Å². The fraction of sp³-hybridized carbons (Fsp3) is 1.00. The molecule has 2 atom stereocenters. The van der Waals surface area contributed by atoms with Crippen LogP contribution in [0.4, 0.5) is 132 Å². The highest BCUT2D eigenvalue weighted by Crippen LogP contribution is 2.65. The molecular formula is C20H10F30I2. The zero-order chi connectivity index (χ0) is 43.0. The molecule has 0 amide bonds. The van der Waals surface area contributed by atoms with Gasteiger partial charge in [-0.25, -0.2) is 0 Å². The van der Waals surface area contributed by atoms with Crippen molar-refractivity contribution in [1.82, 2.24) is 0 Å². The minimum absolute atomic E-state index is 0.361. The molecule has 0 radical (unpaired) electrons. The third-order valence-corrected chi connectivity index (χ3v) is 8.66. The molecule has 0 aliphatic heterocycles. The molecule has 0 spiro atoms. The second-order valence-electron chi connectivity index (χ2n) is 10.3. The highest BCUT2D eigenvalue weighted by atomic mass is 127. The molecule has 2 unspecified atom stereocenters. The average Bonchev–Trinajstić information content (AvgIpc) is 2.88. The minimum atomic E-state index is -8.68. The molecule has 0 nitrogen and oxygen atoms in total. The summed E-state index contributed by atoms with van der Waals surface area (Å²) in [5.41, 5.74) is 0. The van der Waals surface area contributed by atoms with Crippen LogP contribution in [-0.2, 0) is 0 Å². The summed E-state index contributed by atoms with van der Waals surface area (Å²) in [7, 11) is 0. The molecule has 0 saturated carbocycles. The van der Waals surface area contributed by atoms with E-state index in [0.717, 1.165) is 0 Å². The van der Waals surface area contributed by atoms with Gasteiger partial charge in [-0.1, -0.05) is 45.2 Å². The second kappa shape index (κ2) is 14.1. The van der Waals surface area contributed by atoms with Crippen LogP contribution in [0.25, 0.3) is 0 Å². The lowest BCUT2D eigenvalue weighted by molar-refractivity contribution is -0.452. The Labute approximate surface area is 293 Å². The maximum atomic E-state index is 14.1. The summed E-state index contributed by atoms with van der Waals surface area (Å²) < 4.78 is 393. The number of hydrogen-bond donors (Lipinski definition) is 0. The van der Waals surface area contributed by atoms with E-state index < -0.39 is 117 Å². The Kier molecular flexibility index (Phi) is 13.9. The Morgan fingerprint density at radius 2 is 0.404 bits per heavy atom. The lowest BCUT2D eigenvalue weighted by Gasteiger charge is -2.42. The zero-order valence-corrected chi connectivity index (χ0v) is 27.4. The van der Waals surface area contributed by atoms with E-state index in [0.29, 0.717) is 45.2 Å². The van der Waals surface area contributed by atoms with Gasteiger partial charge in [-0.05, 0) is 12.8 Å². The van der Waals surface area contributed by atoms with Crippen molar-refractivity contribution in [3.05, 3.63) is 0 Å². The standard InChI is InChI=1S/C20H10F30I2/c21-7(22,9(25,26)11(29,30)13(33,34)15(37,38)17(41,42)19(45,46)47)3-5(51)1-2-6(52)4-8(23,24)10(27,28)12(31,32)14(35,36)16(39,40)18(43,44)20(48,49)50/h5-6H,1-4H2. The number of rotatable bonds is 17. The normalized spacial score (nSPS) is 17.8. The summed E-state index contributed by atoms with van der Waals surface area (Å²) in [6.45, 7) is 0. The Morgan fingerprint density at radius 1 is 0.250 bits per heavy atom. The van der Waals surface area contributed by atoms with Gasteiger partial charge in [-0.3, -0.25) is 0 Å². The Balaban J connectivity index is 6.23. The SMILES string of the molecule is FC(F)(F)C(F)(F)C(F)(F)C(F)(F)C(F)(F)C(F)(F)C(F)(F)CC(I)CCC(I)CC(F)(F)C(F)(F)C(F)(F)C(F)(F)C(F)(F)C(F)(F)C(F)(F)F. The third kappa shape index (κ3) is 7.71. The predicted octanol–water partition coefficient (Wildman–Crippen LogP) is 12.9. The van der Waals surface area contributed by atoms with Crippen molar-refractivity contribution in [2.75, 3.05) is 0 Å². The molecule has 0 heterocycles. The molecule has 0 saturated heterocycles. The summed E-state index contributed by atoms with van der Waals surface area (Å²) in [5.74, 6) is -98.0. The first-order valence-electron chi connectivity index (χ1n) is 11.9. The van der Waals surface area contributed by atoms with Crippen LogP contribution in [0.2, 0.25) is 0 Å². The highest BCUT2D eigenvalue weighted by Gasteiger charge is 2.94. The Bertz CT molecular complexity index is 1130. The minimum Gasteiger partial charge on any atom is -0.200 e. The van der Waals surface area contributed by atoms with Crippen molar-refractivity contribution >= 4 is 45.2 Å². The monoisotopic (exact) mass is 1070 g/mol. The van der Waals surface area contributed by atoms with Crippen molar-refractivity contribution in [3.63, 3.8) is 0 Å². The van der Waals surface area contributed by atoms with Crippen LogP contribution in [0.3, 0.4) is 0 Å². The summed E-state index contributed by atoms with van der Waals surface area (Å²) in [6, 6.07) is 0. The lowest BCUT2D eigenvalue weighted by Crippen LogP contribution is -2.72. The lowest BCUT2D eigenvalue weighted by atomic mass is 9.88. The summed E-state index contributed by atoms with van der Waals surface area (Å²) in [4.78, 5) is 0. The molecule has 0 fully saturated rings. The van der Waals surface area contributed by atoms with Crippen LogP contribution in [0, 0.1) is 0 Å². The first kappa shape index (κ1) is 51.4. The molecule has 0 aromatic rings. The van der Waals surface area contributed by atoms with Gasteiger partial charge in [0.1, 0.15) is 0 Å². The fourth-order valence-corrected chi connectivity index (χ4v) is 5.20. The molecule has 0 aromatic carbocycles. The highest BCUT2D eigenvalue weighted by molar-refractivity contribution is 14.1. The molecule has 0 aliphatic rings. The van der Waals surface area contributed by atoms with Gasteiger partial charge in [-0.15, -0.1) is 0 Å². The average molecular weight is 1070 g/mol. The zero-order valence-electron chi connectivity index (χ0n) is 23.1. The molecule has 32 heteroatoms. The van der Waals surface area contributed by atoms with Gasteiger partial charge in [-0.2, -0.15) is 132 Å². The van der Waals surface area contributed by atoms with E-state index in [1.807, 2.05) is 0 Å². The van der Waals surface area contributed by atoms with Crippen LogP contribution in [0.1, 0.15) is 25.7 Å². The van der Waals surface area contributed by atoms with Crippen molar-refractivity contribution < 1.29 is 132 Å². The first-order chi connectivity index (χ1) is 22.0. The van der Waals surface area contributed by atoms with Crippen molar-refractivity contribution in [2.24, 2.45) is 0 Å². The maximum absolute atomic E-state index is 14.1. The number of halogens is 32. The molecule has 0 aromatic heterocycles. The molecule has 0 bridgehead atoms. The largest absolute Gasteiger partial charge is 0.460 e. The van der Waals surface area contributed by atoms with Gasteiger partial charge in [0, 0.05) is 20.7 Å². The van der Waals surface area contributed by atoms with E-state index in [-0.39, 0.29) is 0 Å².